The van der Waals surface area contributed by atoms with E-state index in [1.54, 1.807) is 0 Å². The normalized spacial score (nSPS) is 20.2. The molecule has 0 spiro atoms. The van der Waals surface area contributed by atoms with Gasteiger partial charge in [0.25, 0.3) is 0 Å². The maximum absolute atomic E-state index is 11.1. The van der Waals surface area contributed by atoms with Crippen molar-refractivity contribution in [3.63, 3.8) is 0 Å². The number of carboxylic acid groups (broad SMARTS) is 1. The molecular formula is C14H19NO3. The molecule has 98 valence electrons. The highest BCUT2D eigenvalue weighted by molar-refractivity contribution is 5.73. The number of benzene rings is 1. The minimum atomic E-state index is -0.851. The molecule has 4 nitrogen and oxygen atoms in total. The van der Waals surface area contributed by atoms with E-state index in [1.165, 1.54) is 18.2 Å². The standard InChI is InChI=1S/C14H19NO3/c1-18-9-13(14(16)17)15-12-7-6-10-4-2-3-5-11(10)8-12/h2-5,12-13,15H,6-9H2,1H3,(H,16,17). The summed E-state index contributed by atoms with van der Waals surface area (Å²) in [5.41, 5.74) is 2.71. The van der Waals surface area contributed by atoms with Crippen molar-refractivity contribution in [2.45, 2.75) is 31.3 Å². The molecule has 18 heavy (non-hydrogen) atoms. The fraction of sp³-hybridized carbons (Fsp3) is 0.500. The first kappa shape index (κ1) is 13.1. The first-order chi connectivity index (χ1) is 8.70. The molecule has 4 heteroatoms. The molecule has 0 saturated heterocycles. The zero-order valence-electron chi connectivity index (χ0n) is 10.6. The molecule has 2 N–H and O–H groups in total. The summed E-state index contributed by atoms with van der Waals surface area (Å²) in [6.07, 6.45) is 2.88. The molecule has 2 atom stereocenters. The van der Waals surface area contributed by atoms with Gasteiger partial charge in [0, 0.05) is 13.2 Å². The van der Waals surface area contributed by atoms with Gasteiger partial charge in [-0.1, -0.05) is 24.3 Å². The molecule has 0 aliphatic heterocycles. The van der Waals surface area contributed by atoms with E-state index in [0.29, 0.717) is 0 Å². The van der Waals surface area contributed by atoms with Crippen LogP contribution in [0.1, 0.15) is 17.5 Å². The Hall–Kier alpha value is -1.39. The molecule has 1 aromatic rings. The fourth-order valence-corrected chi connectivity index (χ4v) is 2.48. The van der Waals surface area contributed by atoms with E-state index in [1.807, 2.05) is 6.07 Å². The van der Waals surface area contributed by atoms with Crippen LogP contribution in [0.3, 0.4) is 0 Å². The van der Waals surface area contributed by atoms with E-state index in [4.69, 9.17) is 9.84 Å². The van der Waals surface area contributed by atoms with Crippen molar-refractivity contribution in [1.82, 2.24) is 5.32 Å². The maximum atomic E-state index is 11.1. The third-order valence-corrected chi connectivity index (χ3v) is 3.42. The minimum absolute atomic E-state index is 0.202. The van der Waals surface area contributed by atoms with Gasteiger partial charge in [-0.15, -0.1) is 0 Å². The number of aliphatic carboxylic acids is 1. The molecule has 2 unspecified atom stereocenters. The number of rotatable bonds is 5. The molecule has 2 rings (SSSR count). The summed E-state index contributed by atoms with van der Waals surface area (Å²) in [5.74, 6) is -0.851. The zero-order chi connectivity index (χ0) is 13.0. The molecule has 0 saturated carbocycles. The first-order valence-corrected chi connectivity index (χ1v) is 6.25. The molecule has 0 heterocycles. The average molecular weight is 249 g/mol. The van der Waals surface area contributed by atoms with Crippen molar-refractivity contribution in [3.8, 4) is 0 Å². The van der Waals surface area contributed by atoms with Gasteiger partial charge in [0.15, 0.2) is 0 Å². The van der Waals surface area contributed by atoms with Crippen molar-refractivity contribution in [3.05, 3.63) is 35.4 Å². The predicted octanol–water partition coefficient (Wildman–Crippen LogP) is 1.23. The Kier molecular flexibility index (Phi) is 4.33. The molecular weight excluding hydrogens is 230 g/mol. The zero-order valence-corrected chi connectivity index (χ0v) is 10.6. The van der Waals surface area contributed by atoms with Crippen LogP contribution in [0.2, 0.25) is 0 Å². The summed E-state index contributed by atoms with van der Waals surface area (Å²) in [6.45, 7) is 0.202. The minimum Gasteiger partial charge on any atom is -0.480 e. The van der Waals surface area contributed by atoms with Crippen LogP contribution in [-0.4, -0.2) is 36.9 Å². The summed E-state index contributed by atoms with van der Waals surface area (Å²) in [6, 6.07) is 7.95. The number of hydrogen-bond donors (Lipinski definition) is 2. The van der Waals surface area contributed by atoms with Crippen LogP contribution < -0.4 is 5.32 Å². The summed E-state index contributed by atoms with van der Waals surface area (Å²) >= 11 is 0. The number of methoxy groups -OCH3 is 1. The Morgan fingerprint density at radius 2 is 2.22 bits per heavy atom. The van der Waals surface area contributed by atoms with Gasteiger partial charge >= 0.3 is 5.97 Å². The van der Waals surface area contributed by atoms with E-state index >= 15 is 0 Å². The topological polar surface area (TPSA) is 58.6 Å². The molecule has 1 aliphatic carbocycles. The van der Waals surface area contributed by atoms with Gasteiger partial charge < -0.3 is 9.84 Å². The molecule has 0 amide bonds. The predicted molar refractivity (Wildman–Crippen MR) is 68.7 cm³/mol. The third kappa shape index (κ3) is 3.09. The lowest BCUT2D eigenvalue weighted by Crippen LogP contribution is -2.48. The van der Waals surface area contributed by atoms with Crippen molar-refractivity contribution >= 4 is 5.97 Å². The second-order valence-corrected chi connectivity index (χ2v) is 4.72. The Morgan fingerprint density at radius 1 is 1.50 bits per heavy atom. The van der Waals surface area contributed by atoms with Gasteiger partial charge in [-0.05, 0) is 30.4 Å². The number of nitrogens with one attached hydrogen (secondary N) is 1. The lowest BCUT2D eigenvalue weighted by molar-refractivity contribution is -0.141. The maximum Gasteiger partial charge on any atom is 0.323 e. The molecule has 0 aromatic heterocycles. The van der Waals surface area contributed by atoms with Crippen molar-refractivity contribution < 1.29 is 14.6 Å². The summed E-state index contributed by atoms with van der Waals surface area (Å²) in [5, 5.41) is 12.3. The second-order valence-electron chi connectivity index (χ2n) is 4.72. The van der Waals surface area contributed by atoms with Crippen molar-refractivity contribution in [2.75, 3.05) is 13.7 Å². The van der Waals surface area contributed by atoms with Crippen LogP contribution in [0, 0.1) is 0 Å². The van der Waals surface area contributed by atoms with Gasteiger partial charge in [-0.2, -0.15) is 0 Å². The van der Waals surface area contributed by atoms with E-state index in [2.05, 4.69) is 23.5 Å². The fourth-order valence-electron chi connectivity index (χ4n) is 2.48. The van der Waals surface area contributed by atoms with Crippen LogP contribution in [0.4, 0.5) is 0 Å². The Labute approximate surface area is 107 Å². The SMILES string of the molecule is COCC(NC1CCc2ccccc2C1)C(=O)O. The van der Waals surface area contributed by atoms with Crippen molar-refractivity contribution in [2.24, 2.45) is 0 Å². The highest BCUT2D eigenvalue weighted by Crippen LogP contribution is 2.21. The van der Waals surface area contributed by atoms with Gasteiger partial charge in [-0.25, -0.2) is 0 Å². The van der Waals surface area contributed by atoms with E-state index < -0.39 is 12.0 Å². The molecule has 0 radical (unpaired) electrons. The van der Waals surface area contributed by atoms with Gasteiger partial charge in [0.1, 0.15) is 6.04 Å². The van der Waals surface area contributed by atoms with E-state index in [0.717, 1.165) is 19.3 Å². The van der Waals surface area contributed by atoms with Gasteiger partial charge in [0.05, 0.1) is 6.61 Å². The number of fused-ring (bicyclic) bond motifs is 1. The van der Waals surface area contributed by atoms with Gasteiger partial charge in [0.2, 0.25) is 0 Å². The number of carbonyl (C=O) groups is 1. The molecule has 0 bridgehead atoms. The lowest BCUT2D eigenvalue weighted by Gasteiger charge is -2.28. The largest absolute Gasteiger partial charge is 0.480 e. The number of carboxylic acids is 1. The first-order valence-electron chi connectivity index (χ1n) is 6.25. The monoisotopic (exact) mass is 249 g/mol. The Morgan fingerprint density at radius 3 is 2.89 bits per heavy atom. The lowest BCUT2D eigenvalue weighted by atomic mass is 9.88. The van der Waals surface area contributed by atoms with E-state index in [9.17, 15) is 4.79 Å². The quantitative estimate of drug-likeness (QED) is 0.824. The van der Waals surface area contributed by atoms with Gasteiger partial charge in [-0.3, -0.25) is 10.1 Å². The number of hydrogen-bond acceptors (Lipinski definition) is 3. The van der Waals surface area contributed by atoms with Crippen LogP contribution in [0.5, 0.6) is 0 Å². The van der Waals surface area contributed by atoms with Crippen LogP contribution in [0.15, 0.2) is 24.3 Å². The Bertz CT molecular complexity index is 419. The smallest absolute Gasteiger partial charge is 0.323 e. The molecule has 1 aromatic carbocycles. The third-order valence-electron chi connectivity index (χ3n) is 3.42. The summed E-state index contributed by atoms with van der Waals surface area (Å²) in [4.78, 5) is 11.1. The Balaban J connectivity index is 1.98. The molecule has 1 aliphatic rings. The van der Waals surface area contributed by atoms with Crippen LogP contribution in [-0.2, 0) is 22.4 Å². The highest BCUT2D eigenvalue weighted by Gasteiger charge is 2.24. The average Bonchev–Trinajstić information content (AvgIpc) is 2.38. The van der Waals surface area contributed by atoms with Crippen LogP contribution in [0.25, 0.3) is 0 Å². The number of ether oxygens (including phenoxy) is 1. The molecule has 0 fully saturated rings. The van der Waals surface area contributed by atoms with Crippen molar-refractivity contribution in [1.29, 1.82) is 0 Å². The van der Waals surface area contributed by atoms with Crippen LogP contribution >= 0.6 is 0 Å². The number of aryl methyl sites for hydroxylation is 1. The summed E-state index contributed by atoms with van der Waals surface area (Å²) in [7, 11) is 1.52. The second kappa shape index (κ2) is 5.98. The highest BCUT2D eigenvalue weighted by atomic mass is 16.5. The summed E-state index contributed by atoms with van der Waals surface area (Å²) < 4.78 is 4.93. The van der Waals surface area contributed by atoms with E-state index in [-0.39, 0.29) is 12.6 Å².